The maximum Gasteiger partial charge on any atom is 0.270 e. The molecule has 1 saturated carbocycles. The predicted molar refractivity (Wildman–Crippen MR) is 141 cm³/mol. The molecule has 0 bridgehead atoms. The Morgan fingerprint density at radius 1 is 1.14 bits per heavy atom. The molecule has 10 heteroatoms. The number of anilines is 1. The van der Waals surface area contributed by atoms with Gasteiger partial charge >= 0.3 is 0 Å². The van der Waals surface area contributed by atoms with Gasteiger partial charge in [-0.05, 0) is 64.7 Å². The zero-order valence-electron chi connectivity index (χ0n) is 22.2. The number of hydrogen-bond donors (Lipinski definition) is 0. The minimum atomic E-state index is -0.412. The fourth-order valence-corrected chi connectivity index (χ4v) is 4.96. The molecule has 0 aliphatic heterocycles. The summed E-state index contributed by atoms with van der Waals surface area (Å²) in [6, 6.07) is 9.49. The summed E-state index contributed by atoms with van der Waals surface area (Å²) in [6.07, 6.45) is 5.12. The lowest BCUT2D eigenvalue weighted by atomic mass is 9.81. The zero-order valence-corrected chi connectivity index (χ0v) is 22.2. The summed E-state index contributed by atoms with van der Waals surface area (Å²) in [6.45, 7) is 5.91. The van der Waals surface area contributed by atoms with Gasteiger partial charge in [0.25, 0.3) is 5.56 Å². The number of nitrogens with zero attached hydrogens (tertiary/aromatic N) is 8. The van der Waals surface area contributed by atoms with Crippen LogP contribution >= 0.6 is 0 Å². The van der Waals surface area contributed by atoms with Crippen molar-refractivity contribution in [3.05, 3.63) is 51.7 Å². The van der Waals surface area contributed by atoms with E-state index < -0.39 is 5.60 Å². The summed E-state index contributed by atoms with van der Waals surface area (Å²) in [4.78, 5) is 25.3. The summed E-state index contributed by atoms with van der Waals surface area (Å²) in [7, 11) is 5.42. The number of pyridine rings is 2. The molecule has 0 amide bonds. The normalized spacial score (nSPS) is 18.3. The number of hydrogen-bond acceptors (Lipinski definition) is 8. The van der Waals surface area contributed by atoms with Crippen molar-refractivity contribution in [1.82, 2.24) is 19.3 Å². The standard InChI is InChI=1S/C27H32N8O2/c1-27(2,3)37-32-23(22-13-14-30-35(22)6)17-7-10-19(11-8-17)33(4)25-20(16-29)26(36)34(5)21-12-9-18(15-28)31-24(21)25/h9,12-14,17,19H,7-8,10-11H2,1-6H3/b32-23-. The van der Waals surface area contributed by atoms with E-state index in [1.807, 2.05) is 50.5 Å². The number of rotatable bonds is 5. The summed E-state index contributed by atoms with van der Waals surface area (Å²) >= 11 is 0. The zero-order chi connectivity index (χ0) is 26.9. The van der Waals surface area contributed by atoms with E-state index in [2.05, 4.69) is 27.4 Å². The summed E-state index contributed by atoms with van der Waals surface area (Å²) in [5, 5.41) is 28.2. The third-order valence-corrected chi connectivity index (χ3v) is 6.93. The molecule has 4 rings (SSSR count). The summed E-state index contributed by atoms with van der Waals surface area (Å²) in [5.74, 6) is 0.182. The predicted octanol–water partition coefficient (Wildman–Crippen LogP) is 3.62. The smallest absolute Gasteiger partial charge is 0.270 e. The second kappa shape index (κ2) is 10.1. The van der Waals surface area contributed by atoms with Crippen LogP contribution in [0.5, 0.6) is 0 Å². The van der Waals surface area contributed by atoms with Crippen LogP contribution in [0.25, 0.3) is 11.0 Å². The van der Waals surface area contributed by atoms with Crippen molar-refractivity contribution in [3.8, 4) is 12.1 Å². The minimum absolute atomic E-state index is 0.0397. The summed E-state index contributed by atoms with van der Waals surface area (Å²) < 4.78 is 3.23. The van der Waals surface area contributed by atoms with Crippen molar-refractivity contribution in [2.24, 2.45) is 25.2 Å². The number of aryl methyl sites for hydroxylation is 2. The molecule has 0 radical (unpaired) electrons. The topological polar surface area (TPSA) is 125 Å². The van der Waals surface area contributed by atoms with Gasteiger partial charge in [0.1, 0.15) is 40.2 Å². The molecule has 192 valence electrons. The van der Waals surface area contributed by atoms with Crippen LogP contribution in [-0.2, 0) is 18.9 Å². The fourth-order valence-electron chi connectivity index (χ4n) is 4.96. The molecular formula is C27H32N8O2. The van der Waals surface area contributed by atoms with Crippen LogP contribution in [0, 0.1) is 28.6 Å². The molecule has 0 N–H and O–H groups in total. The highest BCUT2D eigenvalue weighted by Crippen LogP contribution is 2.35. The average molecular weight is 501 g/mol. The van der Waals surface area contributed by atoms with Gasteiger partial charge in [-0.25, -0.2) is 4.98 Å². The van der Waals surface area contributed by atoms with Gasteiger partial charge < -0.3 is 14.3 Å². The van der Waals surface area contributed by atoms with E-state index in [1.165, 1.54) is 4.57 Å². The summed E-state index contributed by atoms with van der Waals surface area (Å²) in [5.41, 5.74) is 2.86. The number of oxime groups is 1. The Balaban J connectivity index is 1.66. The van der Waals surface area contributed by atoms with Crippen molar-refractivity contribution < 1.29 is 4.84 Å². The van der Waals surface area contributed by atoms with E-state index >= 15 is 0 Å². The highest BCUT2D eigenvalue weighted by molar-refractivity contribution is 6.00. The minimum Gasteiger partial charge on any atom is -0.390 e. The Morgan fingerprint density at radius 2 is 1.84 bits per heavy atom. The maximum atomic E-state index is 13.0. The first-order valence-corrected chi connectivity index (χ1v) is 12.4. The molecule has 1 aliphatic carbocycles. The molecule has 0 aromatic carbocycles. The van der Waals surface area contributed by atoms with Crippen LogP contribution in [0.1, 0.15) is 63.4 Å². The average Bonchev–Trinajstić information content (AvgIpc) is 3.30. The molecule has 10 nitrogen and oxygen atoms in total. The van der Waals surface area contributed by atoms with E-state index in [0.29, 0.717) is 16.7 Å². The lowest BCUT2D eigenvalue weighted by Gasteiger charge is -2.37. The van der Waals surface area contributed by atoms with Crippen molar-refractivity contribution >= 4 is 22.4 Å². The van der Waals surface area contributed by atoms with Crippen LogP contribution in [-0.4, -0.2) is 43.7 Å². The Morgan fingerprint density at radius 3 is 2.41 bits per heavy atom. The van der Waals surface area contributed by atoms with Gasteiger partial charge in [0.15, 0.2) is 0 Å². The quantitative estimate of drug-likeness (QED) is 0.387. The molecule has 37 heavy (non-hydrogen) atoms. The second-order valence-electron chi connectivity index (χ2n) is 10.5. The molecule has 3 aromatic rings. The first-order valence-electron chi connectivity index (χ1n) is 12.4. The van der Waals surface area contributed by atoms with E-state index in [4.69, 9.17) is 4.84 Å². The van der Waals surface area contributed by atoms with Crippen LogP contribution in [0.2, 0.25) is 0 Å². The molecule has 0 atom stereocenters. The fraction of sp³-hybridized carbons (Fsp3) is 0.481. The Bertz CT molecular complexity index is 1490. The van der Waals surface area contributed by atoms with Crippen molar-refractivity contribution in [2.75, 3.05) is 11.9 Å². The van der Waals surface area contributed by atoms with Crippen molar-refractivity contribution in [3.63, 3.8) is 0 Å². The highest BCUT2D eigenvalue weighted by atomic mass is 16.6. The van der Waals surface area contributed by atoms with Gasteiger partial charge in [0.2, 0.25) is 0 Å². The molecule has 0 saturated heterocycles. The van der Waals surface area contributed by atoms with E-state index in [0.717, 1.165) is 37.1 Å². The van der Waals surface area contributed by atoms with E-state index in [1.54, 1.807) is 25.4 Å². The van der Waals surface area contributed by atoms with E-state index in [-0.39, 0.29) is 28.8 Å². The molecule has 1 aliphatic rings. The third kappa shape index (κ3) is 5.05. The second-order valence-corrected chi connectivity index (χ2v) is 10.5. The van der Waals surface area contributed by atoms with Crippen molar-refractivity contribution in [2.45, 2.75) is 58.1 Å². The van der Waals surface area contributed by atoms with Crippen LogP contribution in [0.4, 0.5) is 5.69 Å². The Hall–Kier alpha value is -4.18. The monoisotopic (exact) mass is 500 g/mol. The molecular weight excluding hydrogens is 468 g/mol. The number of fused-ring (bicyclic) bond motifs is 1. The van der Waals surface area contributed by atoms with Gasteiger partial charge in [-0.1, -0.05) is 5.16 Å². The van der Waals surface area contributed by atoms with Gasteiger partial charge in [-0.15, -0.1) is 0 Å². The van der Waals surface area contributed by atoms with Gasteiger partial charge in [-0.2, -0.15) is 15.6 Å². The van der Waals surface area contributed by atoms with Crippen LogP contribution < -0.4 is 10.5 Å². The third-order valence-electron chi connectivity index (χ3n) is 6.93. The van der Waals surface area contributed by atoms with Gasteiger partial charge in [0, 0.05) is 39.3 Å². The SMILES string of the molecule is CN(c1c(C#N)c(=O)n(C)c2ccc(C#N)nc12)C1CCC(/C(=N/OC(C)(C)C)c2ccnn2C)CC1. The number of aromatic nitrogens is 4. The lowest BCUT2D eigenvalue weighted by molar-refractivity contribution is -0.000113. The molecule has 3 aromatic heterocycles. The van der Waals surface area contributed by atoms with Crippen LogP contribution in [0.3, 0.4) is 0 Å². The first-order chi connectivity index (χ1) is 17.6. The molecule has 1 fully saturated rings. The van der Waals surface area contributed by atoms with Gasteiger partial charge in [0.05, 0.1) is 16.9 Å². The maximum absolute atomic E-state index is 13.0. The largest absolute Gasteiger partial charge is 0.390 e. The number of nitriles is 2. The first kappa shape index (κ1) is 25.9. The Labute approximate surface area is 216 Å². The Kier molecular flexibility index (Phi) is 7.04. The van der Waals surface area contributed by atoms with Crippen molar-refractivity contribution in [1.29, 1.82) is 10.5 Å². The van der Waals surface area contributed by atoms with E-state index in [9.17, 15) is 15.3 Å². The highest BCUT2D eigenvalue weighted by Gasteiger charge is 2.32. The molecule has 3 heterocycles. The molecule has 0 unspecified atom stereocenters. The molecule has 0 spiro atoms. The van der Waals surface area contributed by atoms with Gasteiger partial charge in [-0.3, -0.25) is 9.48 Å². The van der Waals surface area contributed by atoms with Crippen LogP contribution in [0.15, 0.2) is 34.3 Å². The lowest BCUT2D eigenvalue weighted by Crippen LogP contribution is -2.39.